The fraction of sp³-hybridized carbons (Fsp3) is 0.480. The Morgan fingerprint density at radius 2 is 1.08 bits per heavy atom. The molecule has 2 aromatic rings. The van der Waals surface area contributed by atoms with Gasteiger partial charge in [0.2, 0.25) is 5.78 Å². The zero-order valence-electron chi connectivity index (χ0n) is 22.0. The summed E-state index contributed by atoms with van der Waals surface area (Å²) in [4.78, 5) is 21.6. The van der Waals surface area contributed by atoms with E-state index in [9.17, 15) is 4.79 Å². The molecule has 0 saturated heterocycles. The van der Waals surface area contributed by atoms with Gasteiger partial charge in [0, 0.05) is 37.6 Å². The van der Waals surface area contributed by atoms with Gasteiger partial charge in [0.25, 0.3) is 0 Å². The molecule has 2 aromatic heterocycles. The summed E-state index contributed by atoms with van der Waals surface area (Å²) < 4.78 is 0. The zero-order chi connectivity index (χ0) is 26.6. The summed E-state index contributed by atoms with van der Waals surface area (Å²) in [7, 11) is 3.82. The molecule has 11 heteroatoms. The van der Waals surface area contributed by atoms with Crippen LogP contribution >= 0.6 is 23.2 Å². The van der Waals surface area contributed by atoms with E-state index in [1.807, 2.05) is 58.2 Å². The first-order chi connectivity index (χ1) is 16.7. The summed E-state index contributed by atoms with van der Waals surface area (Å²) in [6, 6.07) is 3.81. The molecule has 0 aromatic carbocycles. The molecule has 0 N–H and O–H groups in total. The number of nitrogens with zero attached hydrogens (tertiary/aromatic N) is 8. The largest absolute Gasteiger partial charge is 0.361 e. The van der Waals surface area contributed by atoms with Crippen LogP contribution in [-0.2, 0) is 15.6 Å². The van der Waals surface area contributed by atoms with Gasteiger partial charge in [0.05, 0.1) is 13.3 Å². The van der Waals surface area contributed by atoms with Crippen molar-refractivity contribution in [1.29, 1.82) is 0 Å². The summed E-state index contributed by atoms with van der Waals surface area (Å²) in [5.41, 5.74) is 2.24. The average Bonchev–Trinajstić information content (AvgIpc) is 3.35. The third-order valence-corrected chi connectivity index (χ3v) is 6.66. The molecule has 2 aliphatic heterocycles. The first-order valence-electron chi connectivity index (χ1n) is 11.7. The lowest BCUT2D eigenvalue weighted by Crippen LogP contribution is -2.34. The molecule has 4 heterocycles. The van der Waals surface area contributed by atoms with Gasteiger partial charge >= 0.3 is 0 Å². The van der Waals surface area contributed by atoms with Crippen LogP contribution in [0.1, 0.15) is 52.7 Å². The molecule has 0 fully saturated rings. The first kappa shape index (κ1) is 26.2. The van der Waals surface area contributed by atoms with Gasteiger partial charge < -0.3 is 19.6 Å². The Morgan fingerprint density at radius 1 is 0.722 bits per heavy atom. The number of halogens is 2. The molecule has 0 aliphatic carbocycles. The van der Waals surface area contributed by atoms with Crippen LogP contribution in [-0.4, -0.2) is 63.4 Å². The highest BCUT2D eigenvalue weighted by molar-refractivity contribution is 6.30. The predicted octanol–water partition coefficient (Wildman–Crippen LogP) is 4.54. The first-order valence-corrected chi connectivity index (χ1v) is 12.4. The van der Waals surface area contributed by atoms with Gasteiger partial charge in [0.15, 0.2) is 21.9 Å². The predicted molar refractivity (Wildman–Crippen MR) is 143 cm³/mol. The molecule has 0 bridgehead atoms. The Hall–Kier alpha value is -2.91. The fourth-order valence-electron chi connectivity index (χ4n) is 4.17. The van der Waals surface area contributed by atoms with Crippen molar-refractivity contribution in [2.24, 2.45) is 0 Å². The molecule has 0 atom stereocenters. The van der Waals surface area contributed by atoms with E-state index >= 15 is 0 Å². The summed E-state index contributed by atoms with van der Waals surface area (Å²) in [5, 5.41) is 17.7. The number of carbonyl (C=O) groups is 1. The third-order valence-electron chi connectivity index (χ3n) is 6.10. The standard InChI is InChI=1S/C25H32Cl2N8O/c1-24(2,3)15-9-19(28-30-22(15)26)34-13-32(7)11-17(34)21(36)18-12-33(8)14-35(18)20-10-16(25(4,5)6)23(27)31-29-20/h9-12H,13-14H2,1-8H3. The number of carbonyl (C=O) groups excluding carboxylic acids is 1. The van der Waals surface area contributed by atoms with E-state index in [1.165, 1.54) is 0 Å². The Morgan fingerprint density at radius 3 is 1.42 bits per heavy atom. The highest BCUT2D eigenvalue weighted by Gasteiger charge is 2.36. The number of anilines is 2. The average molecular weight is 531 g/mol. The van der Waals surface area contributed by atoms with Crippen LogP contribution in [0.3, 0.4) is 0 Å². The van der Waals surface area contributed by atoms with Crippen molar-refractivity contribution in [2.75, 3.05) is 37.2 Å². The molecule has 0 spiro atoms. The minimum atomic E-state index is -0.229. The van der Waals surface area contributed by atoms with Gasteiger partial charge in [-0.25, -0.2) is 0 Å². The van der Waals surface area contributed by atoms with E-state index < -0.39 is 0 Å². The highest BCUT2D eigenvalue weighted by Crippen LogP contribution is 2.35. The van der Waals surface area contributed by atoms with E-state index in [1.54, 1.807) is 0 Å². The molecule has 0 amide bonds. The molecule has 0 saturated carbocycles. The van der Waals surface area contributed by atoms with E-state index in [2.05, 4.69) is 61.9 Å². The Kier molecular flexibility index (Phi) is 6.68. The molecule has 192 valence electrons. The van der Waals surface area contributed by atoms with Gasteiger partial charge in [0.1, 0.15) is 11.4 Å². The van der Waals surface area contributed by atoms with Crippen LogP contribution in [0.4, 0.5) is 11.6 Å². The van der Waals surface area contributed by atoms with Crippen molar-refractivity contribution >= 4 is 40.6 Å². The van der Waals surface area contributed by atoms with Crippen molar-refractivity contribution in [3.05, 3.63) is 57.4 Å². The number of rotatable bonds is 4. The van der Waals surface area contributed by atoms with Gasteiger partial charge in [-0.15, -0.1) is 20.4 Å². The number of hydrogen-bond donors (Lipinski definition) is 0. The van der Waals surface area contributed by atoms with Crippen LogP contribution in [0.2, 0.25) is 10.3 Å². The maximum atomic E-state index is 14.0. The molecule has 2 aliphatic rings. The van der Waals surface area contributed by atoms with Crippen molar-refractivity contribution in [3.8, 4) is 0 Å². The molecule has 4 rings (SSSR count). The van der Waals surface area contributed by atoms with Crippen LogP contribution in [0.25, 0.3) is 0 Å². The Labute approximate surface area is 222 Å². The summed E-state index contributed by atoms with van der Waals surface area (Å²) in [5.74, 6) is 0.966. The van der Waals surface area contributed by atoms with Crippen molar-refractivity contribution < 1.29 is 4.79 Å². The lowest BCUT2D eigenvalue weighted by atomic mass is 9.88. The summed E-state index contributed by atoms with van der Waals surface area (Å²) in [6.07, 6.45) is 3.64. The van der Waals surface area contributed by atoms with E-state index in [0.29, 0.717) is 46.7 Å². The normalized spacial score (nSPS) is 16.6. The van der Waals surface area contributed by atoms with E-state index in [4.69, 9.17) is 23.2 Å². The smallest absolute Gasteiger partial charge is 0.228 e. The zero-order valence-corrected chi connectivity index (χ0v) is 23.5. The van der Waals surface area contributed by atoms with Crippen molar-refractivity contribution in [1.82, 2.24) is 30.2 Å². The number of hydrogen-bond acceptors (Lipinski definition) is 9. The maximum absolute atomic E-state index is 14.0. The number of Topliss-reactive ketones (excluding diaryl/α,β-unsaturated/α-hetero) is 1. The maximum Gasteiger partial charge on any atom is 0.228 e. The molecule has 36 heavy (non-hydrogen) atoms. The lowest BCUT2D eigenvalue weighted by Gasteiger charge is -2.26. The minimum Gasteiger partial charge on any atom is -0.361 e. The molecule has 9 nitrogen and oxygen atoms in total. The molecule has 0 radical (unpaired) electrons. The van der Waals surface area contributed by atoms with Crippen LogP contribution in [0.15, 0.2) is 35.9 Å². The Balaban J connectivity index is 1.71. The second-order valence-corrected chi connectivity index (χ2v) is 12.0. The highest BCUT2D eigenvalue weighted by atomic mass is 35.5. The lowest BCUT2D eigenvalue weighted by molar-refractivity contribution is -0.112. The monoisotopic (exact) mass is 530 g/mol. The van der Waals surface area contributed by atoms with E-state index in [0.717, 1.165) is 11.1 Å². The number of aromatic nitrogens is 4. The van der Waals surface area contributed by atoms with Gasteiger partial charge in [-0.1, -0.05) is 64.7 Å². The molecule has 0 unspecified atom stereocenters. The fourth-order valence-corrected chi connectivity index (χ4v) is 4.92. The molecular weight excluding hydrogens is 499 g/mol. The van der Waals surface area contributed by atoms with Crippen LogP contribution in [0, 0.1) is 0 Å². The minimum absolute atomic E-state index is 0.160. The second kappa shape index (κ2) is 9.19. The van der Waals surface area contributed by atoms with Crippen molar-refractivity contribution in [2.45, 2.75) is 52.4 Å². The topological polar surface area (TPSA) is 81.6 Å². The molecular formula is C25H32Cl2N8O. The van der Waals surface area contributed by atoms with Crippen LogP contribution < -0.4 is 9.80 Å². The SMILES string of the molecule is CN1C=C(C(=O)C2=CN(C)CN2c2cc(C(C)(C)C)c(Cl)nn2)N(c2cc(C(C)(C)C)c(Cl)nn2)C1. The third kappa shape index (κ3) is 4.99. The van der Waals surface area contributed by atoms with Gasteiger partial charge in [-0.2, -0.15) is 0 Å². The van der Waals surface area contributed by atoms with Gasteiger partial charge in [-0.3, -0.25) is 4.79 Å². The summed E-state index contributed by atoms with van der Waals surface area (Å²) >= 11 is 12.7. The van der Waals surface area contributed by atoms with Gasteiger partial charge in [-0.05, 0) is 23.0 Å². The van der Waals surface area contributed by atoms with Crippen molar-refractivity contribution in [3.63, 3.8) is 0 Å². The quantitative estimate of drug-likeness (QED) is 0.565. The number of ketones is 1. The summed E-state index contributed by atoms with van der Waals surface area (Å²) in [6.45, 7) is 13.3. The van der Waals surface area contributed by atoms with E-state index in [-0.39, 0.29) is 16.6 Å². The Bertz CT molecular complexity index is 1170. The van der Waals surface area contributed by atoms with Crippen LogP contribution in [0.5, 0.6) is 0 Å². The second-order valence-electron chi connectivity index (χ2n) is 11.3.